The van der Waals surface area contributed by atoms with E-state index in [-0.39, 0.29) is 10.0 Å². The van der Waals surface area contributed by atoms with E-state index in [2.05, 4.69) is 15.9 Å². The predicted octanol–water partition coefficient (Wildman–Crippen LogP) is 1.11. The normalized spacial score (nSPS) is 12.5. The van der Waals surface area contributed by atoms with Gasteiger partial charge in [-0.15, -0.1) is 0 Å². The number of nitrogens with two attached hydrogens (primary N) is 1. The van der Waals surface area contributed by atoms with Gasteiger partial charge in [-0.1, -0.05) is 6.07 Å². The summed E-state index contributed by atoms with van der Waals surface area (Å²) in [5, 5.41) is 9.16. The van der Waals surface area contributed by atoms with E-state index in [1.165, 1.54) is 12.1 Å². The second-order valence-electron chi connectivity index (χ2n) is 2.48. The van der Waals surface area contributed by atoms with Gasteiger partial charge < -0.3 is 10.8 Å². The zero-order valence-corrected chi connectivity index (χ0v) is 8.08. The van der Waals surface area contributed by atoms with Gasteiger partial charge >= 0.3 is 0 Å². The van der Waals surface area contributed by atoms with Crippen LogP contribution in [0.15, 0.2) is 22.7 Å². The molecule has 3 nitrogen and oxygen atoms in total. The Morgan fingerprint density at radius 1 is 1.62 bits per heavy atom. The molecule has 0 spiro atoms. The summed E-state index contributed by atoms with van der Waals surface area (Å²) in [5.74, 6) is -1.44. The SMILES string of the molecule is NC(=O)C(O)c1ccc(Br)c(F)c1. The van der Waals surface area contributed by atoms with Crippen LogP contribution in [0.4, 0.5) is 4.39 Å². The van der Waals surface area contributed by atoms with Crippen LogP contribution < -0.4 is 5.73 Å². The van der Waals surface area contributed by atoms with E-state index in [1.807, 2.05) is 0 Å². The van der Waals surface area contributed by atoms with Crippen molar-refractivity contribution in [3.8, 4) is 0 Å². The Morgan fingerprint density at radius 3 is 2.69 bits per heavy atom. The van der Waals surface area contributed by atoms with Gasteiger partial charge in [0.1, 0.15) is 5.82 Å². The number of halogens is 2. The van der Waals surface area contributed by atoms with Crippen LogP contribution in [0.5, 0.6) is 0 Å². The number of aliphatic hydroxyl groups excluding tert-OH is 1. The standard InChI is InChI=1S/C8H7BrFNO2/c9-5-2-1-4(3-6(5)10)7(12)8(11)13/h1-3,7,12H,(H2,11,13). The first kappa shape index (κ1) is 10.1. The lowest BCUT2D eigenvalue weighted by atomic mass is 10.1. The molecule has 13 heavy (non-hydrogen) atoms. The first-order valence-corrected chi connectivity index (χ1v) is 4.24. The number of carbonyl (C=O) groups excluding carboxylic acids is 1. The van der Waals surface area contributed by atoms with Crippen molar-refractivity contribution in [1.29, 1.82) is 0 Å². The van der Waals surface area contributed by atoms with E-state index in [9.17, 15) is 9.18 Å². The molecule has 1 unspecified atom stereocenters. The summed E-state index contributed by atoms with van der Waals surface area (Å²) < 4.78 is 13.2. The summed E-state index contributed by atoms with van der Waals surface area (Å²) in [6.07, 6.45) is -1.46. The average molecular weight is 248 g/mol. The first-order chi connectivity index (χ1) is 6.02. The summed E-state index contributed by atoms with van der Waals surface area (Å²) >= 11 is 2.94. The third-order valence-electron chi connectivity index (χ3n) is 1.53. The van der Waals surface area contributed by atoms with Crippen LogP contribution in [0.2, 0.25) is 0 Å². The molecule has 0 aliphatic carbocycles. The number of carbonyl (C=O) groups is 1. The maximum absolute atomic E-state index is 12.9. The lowest BCUT2D eigenvalue weighted by Gasteiger charge is -2.06. The zero-order chi connectivity index (χ0) is 10.0. The van der Waals surface area contributed by atoms with Crippen LogP contribution in [0.3, 0.4) is 0 Å². The lowest BCUT2D eigenvalue weighted by Crippen LogP contribution is -2.20. The molecule has 70 valence electrons. The van der Waals surface area contributed by atoms with Gasteiger partial charge in [0, 0.05) is 0 Å². The molecule has 0 radical (unpaired) electrons. The van der Waals surface area contributed by atoms with Gasteiger partial charge in [-0.05, 0) is 33.6 Å². The fourth-order valence-electron chi connectivity index (χ4n) is 0.847. The minimum absolute atomic E-state index is 0.146. The number of hydrogen-bond donors (Lipinski definition) is 2. The molecular weight excluding hydrogens is 241 g/mol. The van der Waals surface area contributed by atoms with Gasteiger partial charge in [0.2, 0.25) is 0 Å². The molecule has 0 aliphatic heterocycles. The van der Waals surface area contributed by atoms with E-state index in [0.717, 1.165) is 6.07 Å². The highest BCUT2D eigenvalue weighted by molar-refractivity contribution is 9.10. The van der Waals surface area contributed by atoms with E-state index in [0.29, 0.717) is 0 Å². The molecule has 3 N–H and O–H groups in total. The largest absolute Gasteiger partial charge is 0.378 e. The maximum Gasteiger partial charge on any atom is 0.250 e. The molecule has 1 aromatic rings. The monoisotopic (exact) mass is 247 g/mol. The number of benzene rings is 1. The number of aliphatic hydroxyl groups is 1. The van der Waals surface area contributed by atoms with Crippen molar-refractivity contribution in [2.45, 2.75) is 6.10 Å². The van der Waals surface area contributed by atoms with E-state index < -0.39 is 17.8 Å². The van der Waals surface area contributed by atoms with Crippen molar-refractivity contribution < 1.29 is 14.3 Å². The highest BCUT2D eigenvalue weighted by Gasteiger charge is 2.14. The minimum Gasteiger partial charge on any atom is -0.378 e. The van der Waals surface area contributed by atoms with E-state index >= 15 is 0 Å². The Kier molecular flexibility index (Phi) is 3.00. The van der Waals surface area contributed by atoms with E-state index in [1.54, 1.807) is 0 Å². The van der Waals surface area contributed by atoms with Crippen molar-refractivity contribution >= 4 is 21.8 Å². The molecule has 1 amide bonds. The molecule has 1 rings (SSSR count). The summed E-state index contributed by atoms with van der Waals surface area (Å²) in [5.41, 5.74) is 4.98. The summed E-state index contributed by atoms with van der Waals surface area (Å²) in [6, 6.07) is 3.87. The predicted molar refractivity (Wildman–Crippen MR) is 48.3 cm³/mol. The molecule has 1 atom stereocenters. The van der Waals surface area contributed by atoms with Gasteiger partial charge in [-0.3, -0.25) is 4.79 Å². The second-order valence-corrected chi connectivity index (χ2v) is 3.33. The Labute approximate surface area is 82.5 Å². The van der Waals surface area contributed by atoms with Crippen molar-refractivity contribution in [2.75, 3.05) is 0 Å². The third-order valence-corrected chi connectivity index (χ3v) is 2.17. The quantitative estimate of drug-likeness (QED) is 0.823. The maximum atomic E-state index is 12.9. The van der Waals surface area contributed by atoms with Gasteiger partial charge in [0.25, 0.3) is 5.91 Å². The van der Waals surface area contributed by atoms with Crippen LogP contribution in [0.1, 0.15) is 11.7 Å². The summed E-state index contributed by atoms with van der Waals surface area (Å²) in [7, 11) is 0. The fraction of sp³-hybridized carbons (Fsp3) is 0.125. The van der Waals surface area contributed by atoms with Crippen molar-refractivity contribution in [3.63, 3.8) is 0 Å². The van der Waals surface area contributed by atoms with Gasteiger partial charge in [-0.2, -0.15) is 0 Å². The van der Waals surface area contributed by atoms with E-state index in [4.69, 9.17) is 10.8 Å². The Hall–Kier alpha value is -0.940. The average Bonchev–Trinajstić information content (AvgIpc) is 2.08. The Morgan fingerprint density at radius 2 is 2.23 bits per heavy atom. The molecular formula is C8H7BrFNO2. The van der Waals surface area contributed by atoms with Gasteiger partial charge in [0.15, 0.2) is 6.10 Å². The smallest absolute Gasteiger partial charge is 0.250 e. The highest BCUT2D eigenvalue weighted by Crippen LogP contribution is 2.20. The van der Waals surface area contributed by atoms with Crippen LogP contribution in [-0.4, -0.2) is 11.0 Å². The second kappa shape index (κ2) is 3.85. The Bertz CT molecular complexity index is 343. The molecule has 0 heterocycles. The molecule has 0 aliphatic rings. The molecule has 0 aromatic heterocycles. The number of primary amides is 1. The first-order valence-electron chi connectivity index (χ1n) is 3.44. The lowest BCUT2D eigenvalue weighted by molar-refractivity contribution is -0.126. The molecule has 5 heteroatoms. The fourth-order valence-corrected chi connectivity index (χ4v) is 1.09. The molecule has 0 fully saturated rings. The number of rotatable bonds is 2. The summed E-state index contributed by atoms with van der Waals surface area (Å²) in [4.78, 5) is 10.5. The van der Waals surface area contributed by atoms with Crippen LogP contribution in [0, 0.1) is 5.82 Å². The molecule has 0 saturated carbocycles. The van der Waals surface area contributed by atoms with Crippen LogP contribution >= 0.6 is 15.9 Å². The molecule has 1 aromatic carbocycles. The van der Waals surface area contributed by atoms with Crippen molar-refractivity contribution in [1.82, 2.24) is 0 Å². The topological polar surface area (TPSA) is 63.3 Å². The van der Waals surface area contributed by atoms with Crippen LogP contribution in [0.25, 0.3) is 0 Å². The third kappa shape index (κ3) is 2.26. The van der Waals surface area contributed by atoms with Crippen molar-refractivity contribution in [3.05, 3.63) is 34.1 Å². The minimum atomic E-state index is -1.46. The summed E-state index contributed by atoms with van der Waals surface area (Å²) in [6.45, 7) is 0. The van der Waals surface area contributed by atoms with Crippen LogP contribution in [-0.2, 0) is 4.79 Å². The van der Waals surface area contributed by atoms with Gasteiger partial charge in [0.05, 0.1) is 4.47 Å². The molecule has 0 bridgehead atoms. The zero-order valence-electron chi connectivity index (χ0n) is 6.50. The number of hydrogen-bond acceptors (Lipinski definition) is 2. The highest BCUT2D eigenvalue weighted by atomic mass is 79.9. The number of amides is 1. The van der Waals surface area contributed by atoms with Crippen molar-refractivity contribution in [2.24, 2.45) is 5.73 Å². The van der Waals surface area contributed by atoms with Gasteiger partial charge in [-0.25, -0.2) is 4.39 Å². The molecule has 0 saturated heterocycles. The Balaban J connectivity index is 3.03.